The van der Waals surface area contributed by atoms with Gasteiger partial charge in [0.05, 0.1) is 6.54 Å². The number of hydrogen-bond acceptors (Lipinski definition) is 3. The summed E-state index contributed by atoms with van der Waals surface area (Å²) < 4.78 is 12.1. The number of benzene rings is 1. The SMILES string of the molecule is CC(C)(C)[C@]12CCC(=O)N1C[C@H](COc1ccc(Cl)cc1)O2. The molecule has 1 amide bonds. The van der Waals surface area contributed by atoms with Gasteiger partial charge in [-0.15, -0.1) is 0 Å². The second-order valence-corrected chi connectivity index (χ2v) is 7.48. The molecule has 22 heavy (non-hydrogen) atoms. The molecular formula is C17H22ClNO3. The molecule has 2 aliphatic heterocycles. The van der Waals surface area contributed by atoms with Crippen LogP contribution in [-0.2, 0) is 9.53 Å². The zero-order chi connectivity index (χ0) is 16.0. The molecule has 120 valence electrons. The molecule has 0 aliphatic carbocycles. The maximum absolute atomic E-state index is 12.2. The summed E-state index contributed by atoms with van der Waals surface area (Å²) in [6, 6.07) is 7.27. The predicted molar refractivity (Wildman–Crippen MR) is 85.0 cm³/mol. The first-order valence-electron chi connectivity index (χ1n) is 7.68. The highest BCUT2D eigenvalue weighted by atomic mass is 35.5. The predicted octanol–water partition coefficient (Wildman–Crippen LogP) is 3.48. The molecule has 0 saturated carbocycles. The van der Waals surface area contributed by atoms with E-state index in [4.69, 9.17) is 21.1 Å². The molecule has 2 atom stereocenters. The number of hydrogen-bond donors (Lipinski definition) is 0. The summed E-state index contributed by atoms with van der Waals surface area (Å²) in [4.78, 5) is 14.1. The van der Waals surface area contributed by atoms with Crippen molar-refractivity contribution >= 4 is 17.5 Å². The molecule has 2 heterocycles. The molecule has 3 rings (SSSR count). The first-order chi connectivity index (χ1) is 10.3. The van der Waals surface area contributed by atoms with Crippen LogP contribution in [0.1, 0.15) is 33.6 Å². The molecule has 4 nitrogen and oxygen atoms in total. The van der Waals surface area contributed by atoms with E-state index in [0.717, 1.165) is 12.2 Å². The second kappa shape index (κ2) is 5.43. The molecule has 0 unspecified atom stereocenters. The molecule has 2 fully saturated rings. The van der Waals surface area contributed by atoms with E-state index >= 15 is 0 Å². The lowest BCUT2D eigenvalue weighted by atomic mass is 9.81. The highest BCUT2D eigenvalue weighted by Crippen LogP contribution is 2.49. The third-order valence-corrected chi connectivity index (χ3v) is 4.84. The van der Waals surface area contributed by atoms with Crippen LogP contribution in [0.4, 0.5) is 0 Å². The van der Waals surface area contributed by atoms with E-state index in [-0.39, 0.29) is 17.4 Å². The minimum Gasteiger partial charge on any atom is -0.491 e. The highest BCUT2D eigenvalue weighted by Gasteiger charge is 2.59. The molecule has 1 aromatic carbocycles. The number of halogens is 1. The zero-order valence-electron chi connectivity index (χ0n) is 13.3. The molecular weight excluding hydrogens is 302 g/mol. The van der Waals surface area contributed by atoms with Crippen molar-refractivity contribution in [3.8, 4) is 5.75 Å². The Morgan fingerprint density at radius 1 is 1.36 bits per heavy atom. The van der Waals surface area contributed by atoms with Gasteiger partial charge in [-0.2, -0.15) is 0 Å². The van der Waals surface area contributed by atoms with Gasteiger partial charge in [0.2, 0.25) is 5.91 Å². The second-order valence-electron chi connectivity index (χ2n) is 7.04. The van der Waals surface area contributed by atoms with Crippen LogP contribution in [0.15, 0.2) is 24.3 Å². The van der Waals surface area contributed by atoms with Gasteiger partial charge in [0.15, 0.2) is 0 Å². The maximum atomic E-state index is 12.2. The van der Waals surface area contributed by atoms with Gasteiger partial charge >= 0.3 is 0 Å². The lowest BCUT2D eigenvalue weighted by Crippen LogP contribution is -2.51. The van der Waals surface area contributed by atoms with Gasteiger partial charge in [-0.3, -0.25) is 4.79 Å². The summed E-state index contributed by atoms with van der Waals surface area (Å²) >= 11 is 5.86. The zero-order valence-corrected chi connectivity index (χ0v) is 14.0. The van der Waals surface area contributed by atoms with E-state index in [1.165, 1.54) is 0 Å². The summed E-state index contributed by atoms with van der Waals surface area (Å²) in [5.74, 6) is 0.945. The van der Waals surface area contributed by atoms with Crippen molar-refractivity contribution < 1.29 is 14.3 Å². The van der Waals surface area contributed by atoms with Crippen molar-refractivity contribution in [1.82, 2.24) is 4.90 Å². The number of nitrogens with zero attached hydrogens (tertiary/aromatic N) is 1. The van der Waals surface area contributed by atoms with Crippen LogP contribution >= 0.6 is 11.6 Å². The Balaban J connectivity index is 1.68. The Hall–Kier alpha value is -1.26. The molecule has 5 heteroatoms. The van der Waals surface area contributed by atoms with Crippen molar-refractivity contribution in [2.45, 2.75) is 45.4 Å². The van der Waals surface area contributed by atoms with Crippen LogP contribution in [-0.4, -0.2) is 35.8 Å². The van der Waals surface area contributed by atoms with E-state index < -0.39 is 5.72 Å². The first kappa shape index (κ1) is 15.6. The Bertz CT molecular complexity index is 566. The van der Waals surface area contributed by atoms with E-state index in [1.807, 2.05) is 17.0 Å². The molecule has 1 aromatic rings. The number of fused-ring (bicyclic) bond motifs is 1. The number of ether oxygens (including phenoxy) is 2. The van der Waals surface area contributed by atoms with Crippen LogP contribution in [0.3, 0.4) is 0 Å². The van der Waals surface area contributed by atoms with Gasteiger partial charge in [-0.1, -0.05) is 32.4 Å². The fraction of sp³-hybridized carbons (Fsp3) is 0.588. The number of carbonyl (C=O) groups is 1. The Kier molecular flexibility index (Phi) is 3.86. The molecule has 0 spiro atoms. The Labute approximate surface area is 136 Å². The van der Waals surface area contributed by atoms with Crippen molar-refractivity contribution in [2.75, 3.05) is 13.2 Å². The van der Waals surface area contributed by atoms with Gasteiger partial charge < -0.3 is 14.4 Å². The Morgan fingerprint density at radius 3 is 2.64 bits per heavy atom. The summed E-state index contributed by atoms with van der Waals surface area (Å²) in [7, 11) is 0. The van der Waals surface area contributed by atoms with E-state index in [1.54, 1.807) is 12.1 Å². The molecule has 0 N–H and O–H groups in total. The molecule has 0 radical (unpaired) electrons. The van der Waals surface area contributed by atoms with Crippen LogP contribution in [0.5, 0.6) is 5.75 Å². The van der Waals surface area contributed by atoms with E-state index in [0.29, 0.717) is 24.6 Å². The number of carbonyl (C=O) groups excluding carboxylic acids is 1. The fourth-order valence-corrected chi connectivity index (χ4v) is 3.53. The van der Waals surface area contributed by atoms with Crippen molar-refractivity contribution in [3.63, 3.8) is 0 Å². The minimum atomic E-state index is -0.488. The topological polar surface area (TPSA) is 38.8 Å². The Morgan fingerprint density at radius 2 is 2.05 bits per heavy atom. The van der Waals surface area contributed by atoms with Gasteiger partial charge in [0.1, 0.15) is 24.2 Å². The van der Waals surface area contributed by atoms with Gasteiger partial charge in [0.25, 0.3) is 0 Å². The van der Waals surface area contributed by atoms with E-state index in [9.17, 15) is 4.79 Å². The quantitative estimate of drug-likeness (QED) is 0.854. The van der Waals surface area contributed by atoms with Crippen LogP contribution in [0, 0.1) is 5.41 Å². The van der Waals surface area contributed by atoms with Crippen LogP contribution in [0.25, 0.3) is 0 Å². The average Bonchev–Trinajstić information content (AvgIpc) is 2.97. The highest BCUT2D eigenvalue weighted by molar-refractivity contribution is 6.30. The minimum absolute atomic E-state index is 0.0980. The molecule has 2 aliphatic rings. The summed E-state index contributed by atoms with van der Waals surface area (Å²) in [5, 5.41) is 0.683. The van der Waals surface area contributed by atoms with Gasteiger partial charge in [-0.05, 0) is 24.3 Å². The van der Waals surface area contributed by atoms with Crippen LogP contribution < -0.4 is 4.74 Å². The number of amides is 1. The first-order valence-corrected chi connectivity index (χ1v) is 8.06. The number of rotatable bonds is 3. The third-order valence-electron chi connectivity index (χ3n) is 4.58. The largest absolute Gasteiger partial charge is 0.491 e. The third kappa shape index (κ3) is 2.59. The average molecular weight is 324 g/mol. The normalized spacial score (nSPS) is 28.1. The van der Waals surface area contributed by atoms with E-state index in [2.05, 4.69) is 20.8 Å². The summed E-state index contributed by atoms with van der Waals surface area (Å²) in [6.07, 6.45) is 1.23. The summed E-state index contributed by atoms with van der Waals surface area (Å²) in [5.41, 5.74) is -0.605. The smallest absolute Gasteiger partial charge is 0.225 e. The molecule has 0 bridgehead atoms. The van der Waals surface area contributed by atoms with Crippen molar-refractivity contribution in [3.05, 3.63) is 29.3 Å². The fourth-order valence-electron chi connectivity index (χ4n) is 3.40. The van der Waals surface area contributed by atoms with Crippen LogP contribution in [0.2, 0.25) is 5.02 Å². The van der Waals surface area contributed by atoms with Crippen molar-refractivity contribution in [1.29, 1.82) is 0 Å². The monoisotopic (exact) mass is 323 g/mol. The molecule has 2 saturated heterocycles. The lowest BCUT2D eigenvalue weighted by molar-refractivity contribution is -0.168. The maximum Gasteiger partial charge on any atom is 0.225 e. The molecule has 0 aromatic heterocycles. The van der Waals surface area contributed by atoms with Crippen molar-refractivity contribution in [2.24, 2.45) is 5.41 Å². The lowest BCUT2D eigenvalue weighted by Gasteiger charge is -2.42. The van der Waals surface area contributed by atoms with Gasteiger partial charge in [-0.25, -0.2) is 0 Å². The van der Waals surface area contributed by atoms with Gasteiger partial charge in [0, 0.05) is 23.3 Å². The standard InChI is InChI=1S/C17H22ClNO3/c1-16(2,3)17-9-8-15(20)19(17)10-14(22-17)11-21-13-6-4-12(18)5-7-13/h4-7,14H,8-11H2,1-3H3/t14-,17-/m1/s1. The summed E-state index contributed by atoms with van der Waals surface area (Å²) in [6.45, 7) is 7.41.